The van der Waals surface area contributed by atoms with E-state index < -0.39 is 0 Å². The van der Waals surface area contributed by atoms with Gasteiger partial charge in [0.05, 0.1) is 0 Å². The Morgan fingerprint density at radius 1 is 0.938 bits per heavy atom. The number of nitrogens with zero attached hydrogens (tertiary/aromatic N) is 1. The van der Waals surface area contributed by atoms with Crippen LogP contribution in [-0.4, -0.2) is 4.98 Å². The van der Waals surface area contributed by atoms with Gasteiger partial charge in [0.15, 0.2) is 0 Å². The minimum atomic E-state index is 0.530. The van der Waals surface area contributed by atoms with E-state index in [1.54, 1.807) is 6.20 Å². The molecule has 0 aliphatic heterocycles. The normalized spacial score (nSPS) is 10.1. The van der Waals surface area contributed by atoms with Gasteiger partial charge in [-0.3, -0.25) is 0 Å². The Labute approximate surface area is 111 Å². The maximum absolute atomic E-state index is 5.54. The Balaban J connectivity index is 1.97. The van der Waals surface area contributed by atoms with Crippen molar-refractivity contribution < 1.29 is 4.74 Å². The number of aromatic nitrogens is 1. The van der Waals surface area contributed by atoms with E-state index in [0.717, 1.165) is 14.5 Å². The van der Waals surface area contributed by atoms with Gasteiger partial charge in [0.25, 0.3) is 0 Å². The minimum Gasteiger partial charge on any atom is -0.473 e. The van der Waals surface area contributed by atoms with Gasteiger partial charge in [-0.1, -0.05) is 28.1 Å². The van der Waals surface area contributed by atoms with Crippen LogP contribution in [0.4, 0.5) is 0 Å². The summed E-state index contributed by atoms with van der Waals surface area (Å²) in [5.41, 5.74) is 1.12. The quantitative estimate of drug-likeness (QED) is 0.834. The van der Waals surface area contributed by atoms with E-state index in [-0.39, 0.29) is 0 Å². The van der Waals surface area contributed by atoms with Crippen molar-refractivity contribution in [2.24, 2.45) is 0 Å². The fourth-order valence-electron chi connectivity index (χ4n) is 1.19. The molecule has 0 N–H and O–H groups in total. The number of ether oxygens (including phenoxy) is 1. The van der Waals surface area contributed by atoms with Crippen molar-refractivity contribution in [2.45, 2.75) is 6.61 Å². The van der Waals surface area contributed by atoms with Crippen LogP contribution in [0.2, 0.25) is 0 Å². The zero-order valence-corrected chi connectivity index (χ0v) is 11.5. The Kier molecular flexibility index (Phi) is 3.96. The van der Waals surface area contributed by atoms with Crippen LogP contribution < -0.4 is 4.74 Å². The van der Waals surface area contributed by atoms with E-state index in [4.69, 9.17) is 4.74 Å². The summed E-state index contributed by atoms with van der Waals surface area (Å²) in [4.78, 5) is 4.13. The number of pyridine rings is 1. The third-order valence-electron chi connectivity index (χ3n) is 2.00. The molecule has 2 aromatic rings. The van der Waals surface area contributed by atoms with Crippen LogP contribution >= 0.6 is 31.9 Å². The van der Waals surface area contributed by atoms with E-state index in [2.05, 4.69) is 36.8 Å². The lowest BCUT2D eigenvalue weighted by atomic mass is 10.2. The fraction of sp³-hybridized carbons (Fsp3) is 0.0833. The zero-order chi connectivity index (χ0) is 11.4. The van der Waals surface area contributed by atoms with E-state index in [1.807, 2.05) is 36.4 Å². The lowest BCUT2D eigenvalue weighted by Crippen LogP contribution is -1.96. The number of halogens is 2. The number of rotatable bonds is 3. The van der Waals surface area contributed by atoms with Crippen LogP contribution in [0.1, 0.15) is 5.56 Å². The molecule has 0 unspecified atom stereocenters. The van der Waals surface area contributed by atoms with Gasteiger partial charge >= 0.3 is 0 Å². The van der Waals surface area contributed by atoms with Crippen LogP contribution in [0.15, 0.2) is 51.5 Å². The highest BCUT2D eigenvalue weighted by atomic mass is 79.9. The number of hydrogen-bond donors (Lipinski definition) is 0. The van der Waals surface area contributed by atoms with Gasteiger partial charge in [0.2, 0.25) is 5.88 Å². The smallest absolute Gasteiger partial charge is 0.213 e. The first-order valence-corrected chi connectivity index (χ1v) is 6.31. The highest BCUT2D eigenvalue weighted by molar-refractivity contribution is 9.10. The molecular weight excluding hydrogens is 334 g/mol. The molecule has 0 aliphatic carbocycles. The highest BCUT2D eigenvalue weighted by Crippen LogP contribution is 2.15. The fourth-order valence-corrected chi connectivity index (χ4v) is 1.68. The minimum absolute atomic E-state index is 0.530. The summed E-state index contributed by atoms with van der Waals surface area (Å²) in [7, 11) is 0. The summed E-state index contributed by atoms with van der Waals surface area (Å²) in [5.74, 6) is 0.631. The average Bonchev–Trinajstić information content (AvgIpc) is 2.30. The summed E-state index contributed by atoms with van der Waals surface area (Å²) in [5, 5.41) is 0. The molecule has 0 fully saturated rings. The van der Waals surface area contributed by atoms with Crippen molar-refractivity contribution in [3.63, 3.8) is 0 Å². The zero-order valence-electron chi connectivity index (χ0n) is 8.36. The summed E-state index contributed by atoms with van der Waals surface area (Å²) in [6, 6.07) is 11.8. The topological polar surface area (TPSA) is 22.1 Å². The van der Waals surface area contributed by atoms with Gasteiger partial charge in [0.1, 0.15) is 6.61 Å². The maximum Gasteiger partial charge on any atom is 0.213 e. The monoisotopic (exact) mass is 341 g/mol. The van der Waals surface area contributed by atoms with Crippen LogP contribution in [0.3, 0.4) is 0 Å². The molecule has 82 valence electrons. The highest BCUT2D eigenvalue weighted by Gasteiger charge is 1.97. The van der Waals surface area contributed by atoms with Crippen LogP contribution in [0.25, 0.3) is 0 Å². The second kappa shape index (κ2) is 5.46. The van der Waals surface area contributed by atoms with Crippen molar-refractivity contribution in [1.29, 1.82) is 0 Å². The summed E-state index contributed by atoms with van der Waals surface area (Å²) < 4.78 is 7.55. The molecule has 0 radical (unpaired) electrons. The van der Waals surface area contributed by atoms with Crippen molar-refractivity contribution in [1.82, 2.24) is 4.98 Å². The first kappa shape index (κ1) is 11.6. The SMILES string of the molecule is Brc1ccc(COc2ccc(Br)cn2)cc1. The maximum atomic E-state index is 5.54. The summed E-state index contributed by atoms with van der Waals surface area (Å²) in [6.07, 6.45) is 1.72. The second-order valence-corrected chi connectivity index (χ2v) is 5.06. The second-order valence-electron chi connectivity index (χ2n) is 3.23. The Morgan fingerprint density at radius 2 is 1.62 bits per heavy atom. The first-order chi connectivity index (χ1) is 7.74. The molecule has 4 heteroatoms. The molecule has 1 aromatic carbocycles. The molecule has 0 amide bonds. The van der Waals surface area contributed by atoms with E-state index in [9.17, 15) is 0 Å². The van der Waals surface area contributed by atoms with Gasteiger partial charge in [-0.25, -0.2) is 4.98 Å². The molecule has 2 nitrogen and oxygen atoms in total. The molecule has 1 aromatic heterocycles. The lowest BCUT2D eigenvalue weighted by Gasteiger charge is -2.05. The van der Waals surface area contributed by atoms with Crippen LogP contribution in [0, 0.1) is 0 Å². The molecule has 16 heavy (non-hydrogen) atoms. The van der Waals surface area contributed by atoms with E-state index in [0.29, 0.717) is 12.5 Å². The molecule has 0 spiro atoms. The molecule has 0 bridgehead atoms. The van der Waals surface area contributed by atoms with Gasteiger partial charge in [-0.2, -0.15) is 0 Å². The van der Waals surface area contributed by atoms with Gasteiger partial charge in [0, 0.05) is 21.2 Å². The van der Waals surface area contributed by atoms with Crippen LogP contribution in [0.5, 0.6) is 5.88 Å². The van der Waals surface area contributed by atoms with Crippen molar-refractivity contribution in [3.8, 4) is 5.88 Å². The Bertz CT molecular complexity index is 408. The number of benzene rings is 1. The predicted molar refractivity (Wildman–Crippen MR) is 70.4 cm³/mol. The van der Waals surface area contributed by atoms with Gasteiger partial charge < -0.3 is 4.74 Å². The van der Waals surface area contributed by atoms with Crippen molar-refractivity contribution >= 4 is 31.9 Å². The van der Waals surface area contributed by atoms with Crippen molar-refractivity contribution in [3.05, 3.63) is 57.1 Å². The first-order valence-electron chi connectivity index (χ1n) is 4.73. The number of hydrogen-bond acceptors (Lipinski definition) is 2. The molecule has 0 saturated carbocycles. The predicted octanol–water partition coefficient (Wildman–Crippen LogP) is 4.19. The van der Waals surface area contributed by atoms with E-state index >= 15 is 0 Å². The molecule has 1 heterocycles. The average molecular weight is 343 g/mol. The third kappa shape index (κ3) is 3.32. The van der Waals surface area contributed by atoms with E-state index in [1.165, 1.54) is 0 Å². The van der Waals surface area contributed by atoms with Gasteiger partial charge in [-0.05, 0) is 39.7 Å². The molecule has 0 aliphatic rings. The molecular formula is C12H9Br2NO. The lowest BCUT2D eigenvalue weighted by molar-refractivity contribution is 0.294. The standard InChI is InChI=1S/C12H9Br2NO/c13-10-3-1-9(2-4-10)8-16-12-6-5-11(14)7-15-12/h1-7H,8H2. The molecule has 0 saturated heterocycles. The summed E-state index contributed by atoms with van der Waals surface area (Å²) in [6.45, 7) is 0.530. The molecule has 0 atom stereocenters. The summed E-state index contributed by atoms with van der Waals surface area (Å²) >= 11 is 6.72. The van der Waals surface area contributed by atoms with Crippen LogP contribution in [-0.2, 0) is 6.61 Å². The third-order valence-corrected chi connectivity index (χ3v) is 3.00. The Morgan fingerprint density at radius 3 is 2.25 bits per heavy atom. The van der Waals surface area contributed by atoms with Crippen molar-refractivity contribution in [2.75, 3.05) is 0 Å². The molecule has 2 rings (SSSR count). The largest absolute Gasteiger partial charge is 0.473 e. The Hall–Kier alpha value is -0.870. The van der Waals surface area contributed by atoms with Gasteiger partial charge in [-0.15, -0.1) is 0 Å².